The number of fused-ring (bicyclic) bond motifs is 1. The molecule has 1 aromatic rings. The zero-order chi connectivity index (χ0) is 18.9. The third-order valence-electron chi connectivity index (χ3n) is 5.01. The van der Waals surface area contributed by atoms with Gasteiger partial charge in [0.25, 0.3) is 11.8 Å². The maximum absolute atomic E-state index is 13.0. The van der Waals surface area contributed by atoms with E-state index in [1.54, 1.807) is 13.1 Å². The Morgan fingerprint density at radius 3 is 2.85 bits per heavy atom. The molecule has 3 heterocycles. The standard InChI is InChI=1S/C17H24N4O4S/c1-3-8-18-16(22)15-19-14(13-6-4-5-9-21(13)15)17(23)20(2)12-7-10-26(24,25)11-12/h3,12H,1,4-11H2,2H3,(H,18,22). The fourth-order valence-electron chi connectivity index (χ4n) is 3.55. The van der Waals surface area contributed by atoms with Gasteiger partial charge in [0.2, 0.25) is 0 Å². The lowest BCUT2D eigenvalue weighted by atomic mass is 10.1. The molecule has 1 saturated heterocycles. The van der Waals surface area contributed by atoms with E-state index in [1.807, 2.05) is 4.57 Å². The van der Waals surface area contributed by atoms with E-state index in [0.717, 1.165) is 18.5 Å². The van der Waals surface area contributed by atoms with E-state index in [9.17, 15) is 18.0 Å². The Hall–Kier alpha value is -2.16. The van der Waals surface area contributed by atoms with Crippen molar-refractivity contribution in [3.8, 4) is 0 Å². The summed E-state index contributed by atoms with van der Waals surface area (Å²) in [6, 6.07) is -0.341. The molecule has 142 valence electrons. The van der Waals surface area contributed by atoms with E-state index >= 15 is 0 Å². The van der Waals surface area contributed by atoms with Gasteiger partial charge in [-0.1, -0.05) is 6.08 Å². The topological polar surface area (TPSA) is 101 Å². The Balaban J connectivity index is 1.89. The van der Waals surface area contributed by atoms with E-state index < -0.39 is 9.84 Å². The van der Waals surface area contributed by atoms with Crippen molar-refractivity contribution in [2.45, 2.75) is 38.3 Å². The molecule has 26 heavy (non-hydrogen) atoms. The maximum Gasteiger partial charge on any atom is 0.287 e. The molecule has 9 heteroatoms. The van der Waals surface area contributed by atoms with Crippen LogP contribution in [0.3, 0.4) is 0 Å². The number of nitrogens with one attached hydrogen (secondary N) is 1. The van der Waals surface area contributed by atoms with Crippen LogP contribution in [0.1, 0.15) is 46.1 Å². The molecule has 0 aromatic carbocycles. The second-order valence-corrected chi connectivity index (χ2v) is 9.04. The predicted molar refractivity (Wildman–Crippen MR) is 96.8 cm³/mol. The molecule has 1 atom stereocenters. The zero-order valence-electron chi connectivity index (χ0n) is 14.9. The third kappa shape index (κ3) is 3.53. The number of hydrogen-bond donors (Lipinski definition) is 1. The smallest absolute Gasteiger partial charge is 0.287 e. The van der Waals surface area contributed by atoms with E-state index in [2.05, 4.69) is 16.9 Å². The molecule has 0 bridgehead atoms. The molecule has 1 N–H and O–H groups in total. The number of aromatic nitrogens is 2. The molecule has 8 nitrogen and oxygen atoms in total. The first kappa shape index (κ1) is 18.6. The fourth-order valence-corrected chi connectivity index (χ4v) is 5.32. The number of imidazole rings is 1. The average molecular weight is 380 g/mol. The summed E-state index contributed by atoms with van der Waals surface area (Å²) in [4.78, 5) is 31.2. The first-order valence-corrected chi connectivity index (χ1v) is 10.6. The number of nitrogens with zero attached hydrogens (tertiary/aromatic N) is 3. The summed E-state index contributed by atoms with van der Waals surface area (Å²) in [5.41, 5.74) is 1.03. The second-order valence-electron chi connectivity index (χ2n) is 6.81. The van der Waals surface area contributed by atoms with E-state index in [4.69, 9.17) is 0 Å². The minimum Gasteiger partial charge on any atom is -0.346 e. The normalized spacial score (nSPS) is 21.0. The fraction of sp³-hybridized carbons (Fsp3) is 0.588. The van der Waals surface area contributed by atoms with Crippen molar-refractivity contribution in [2.75, 3.05) is 25.1 Å². The lowest BCUT2D eigenvalue weighted by molar-refractivity contribution is 0.0740. The summed E-state index contributed by atoms with van der Waals surface area (Å²) in [5, 5.41) is 2.70. The molecule has 0 spiro atoms. The van der Waals surface area contributed by atoms with Crippen LogP contribution in [0.4, 0.5) is 0 Å². The molecule has 1 unspecified atom stereocenters. The van der Waals surface area contributed by atoms with Gasteiger partial charge in [-0.15, -0.1) is 6.58 Å². The summed E-state index contributed by atoms with van der Waals surface area (Å²) in [5.74, 6) is -0.333. The molecular weight excluding hydrogens is 356 g/mol. The Morgan fingerprint density at radius 1 is 1.42 bits per heavy atom. The van der Waals surface area contributed by atoms with Crippen LogP contribution in [-0.2, 0) is 22.8 Å². The predicted octanol–water partition coefficient (Wildman–Crippen LogP) is 0.394. The molecule has 3 rings (SSSR count). The average Bonchev–Trinajstić information content (AvgIpc) is 3.18. The van der Waals surface area contributed by atoms with Gasteiger partial charge in [-0.3, -0.25) is 9.59 Å². The highest BCUT2D eigenvalue weighted by molar-refractivity contribution is 7.91. The maximum atomic E-state index is 13.0. The summed E-state index contributed by atoms with van der Waals surface area (Å²) >= 11 is 0. The Bertz CT molecular complexity index is 843. The van der Waals surface area contributed by atoms with E-state index in [0.29, 0.717) is 25.9 Å². The Kier molecular flexibility index (Phi) is 5.17. The number of carbonyl (C=O) groups excluding carboxylic acids is 2. The highest BCUT2D eigenvalue weighted by Gasteiger charge is 2.36. The largest absolute Gasteiger partial charge is 0.346 e. The zero-order valence-corrected chi connectivity index (χ0v) is 15.7. The summed E-state index contributed by atoms with van der Waals surface area (Å²) < 4.78 is 25.2. The quantitative estimate of drug-likeness (QED) is 0.745. The van der Waals surface area contributed by atoms with E-state index in [1.165, 1.54) is 4.90 Å². The number of amides is 2. The van der Waals surface area contributed by atoms with Crippen molar-refractivity contribution < 1.29 is 18.0 Å². The van der Waals surface area contributed by atoms with Crippen molar-refractivity contribution in [3.63, 3.8) is 0 Å². The van der Waals surface area contributed by atoms with Crippen molar-refractivity contribution in [3.05, 3.63) is 29.9 Å². The third-order valence-corrected chi connectivity index (χ3v) is 6.76. The monoisotopic (exact) mass is 380 g/mol. The number of rotatable bonds is 5. The first-order chi connectivity index (χ1) is 12.3. The number of hydrogen-bond acceptors (Lipinski definition) is 5. The molecule has 0 aliphatic carbocycles. The number of sulfone groups is 1. The lowest BCUT2D eigenvalue weighted by Crippen LogP contribution is -2.38. The van der Waals surface area contributed by atoms with Crippen molar-refractivity contribution in [1.29, 1.82) is 0 Å². The van der Waals surface area contributed by atoms with Crippen LogP contribution in [0.25, 0.3) is 0 Å². The van der Waals surface area contributed by atoms with Crippen LogP contribution < -0.4 is 5.32 Å². The second kappa shape index (κ2) is 7.22. The van der Waals surface area contributed by atoms with Gasteiger partial charge in [-0.2, -0.15) is 0 Å². The Labute approximate surface area is 153 Å². The van der Waals surface area contributed by atoms with Gasteiger partial charge in [0.05, 0.1) is 17.2 Å². The molecule has 2 aliphatic rings. The minimum atomic E-state index is -3.09. The summed E-state index contributed by atoms with van der Waals surface area (Å²) in [7, 11) is -1.47. The summed E-state index contributed by atoms with van der Waals surface area (Å²) in [6.07, 6.45) is 4.56. The molecule has 0 radical (unpaired) electrons. The van der Waals surface area contributed by atoms with Crippen molar-refractivity contribution in [2.24, 2.45) is 0 Å². The highest BCUT2D eigenvalue weighted by atomic mass is 32.2. The summed E-state index contributed by atoms with van der Waals surface area (Å²) in [6.45, 7) is 4.54. The van der Waals surface area contributed by atoms with Gasteiger partial charge >= 0.3 is 0 Å². The molecule has 2 amide bonds. The highest BCUT2D eigenvalue weighted by Crippen LogP contribution is 2.24. The van der Waals surface area contributed by atoms with Crippen LogP contribution in [0.5, 0.6) is 0 Å². The molecule has 1 fully saturated rings. The van der Waals surface area contributed by atoms with Gasteiger partial charge in [-0.05, 0) is 25.7 Å². The molecule has 2 aliphatic heterocycles. The molecule has 1 aromatic heterocycles. The first-order valence-electron chi connectivity index (χ1n) is 8.80. The van der Waals surface area contributed by atoms with Gasteiger partial charge in [0.15, 0.2) is 15.7 Å². The molecule has 0 saturated carbocycles. The van der Waals surface area contributed by atoms with Crippen LogP contribution in [0.15, 0.2) is 12.7 Å². The van der Waals surface area contributed by atoms with Crippen molar-refractivity contribution >= 4 is 21.7 Å². The Morgan fingerprint density at radius 2 is 2.19 bits per heavy atom. The van der Waals surface area contributed by atoms with Crippen LogP contribution in [-0.4, -0.2) is 65.8 Å². The minimum absolute atomic E-state index is 0.0159. The van der Waals surface area contributed by atoms with Crippen LogP contribution in [0, 0.1) is 0 Å². The van der Waals surface area contributed by atoms with Gasteiger partial charge < -0.3 is 14.8 Å². The van der Waals surface area contributed by atoms with Gasteiger partial charge in [-0.25, -0.2) is 13.4 Å². The lowest BCUT2D eigenvalue weighted by Gasteiger charge is -2.23. The van der Waals surface area contributed by atoms with Crippen molar-refractivity contribution in [1.82, 2.24) is 19.8 Å². The van der Waals surface area contributed by atoms with Crippen LogP contribution in [0.2, 0.25) is 0 Å². The van der Waals surface area contributed by atoms with Gasteiger partial charge in [0, 0.05) is 26.2 Å². The van der Waals surface area contributed by atoms with Crippen LogP contribution >= 0.6 is 0 Å². The molecular formula is C17H24N4O4S. The van der Waals surface area contributed by atoms with Gasteiger partial charge in [0.1, 0.15) is 5.69 Å². The van der Waals surface area contributed by atoms with E-state index in [-0.39, 0.29) is 40.9 Å². The SMILES string of the molecule is C=CCNC(=O)c1nc(C(=O)N(C)C2CCS(=O)(=O)C2)c2n1CCCC2. The number of carbonyl (C=O) groups is 2.